The summed E-state index contributed by atoms with van der Waals surface area (Å²) in [7, 11) is 0. The van der Waals surface area contributed by atoms with Crippen molar-refractivity contribution in [1.82, 2.24) is 25.0 Å². The number of aromatic hydroxyl groups is 1. The first-order valence-corrected chi connectivity index (χ1v) is 7.78. The van der Waals surface area contributed by atoms with Gasteiger partial charge in [-0.15, -0.1) is 5.10 Å². The zero-order valence-electron chi connectivity index (χ0n) is 13.7. The van der Waals surface area contributed by atoms with Gasteiger partial charge < -0.3 is 9.84 Å². The summed E-state index contributed by atoms with van der Waals surface area (Å²) in [4.78, 5) is 25.2. The number of aromatic amines is 1. The average molecular weight is 364 g/mol. The number of fused-ring (bicyclic) bond motifs is 1. The number of H-pyrrole nitrogens is 1. The molecular formula is C17H12N6O4. The number of tetrazole rings is 1. The molecule has 0 aliphatic rings. The van der Waals surface area contributed by atoms with Crippen molar-refractivity contribution < 1.29 is 14.6 Å². The van der Waals surface area contributed by atoms with Gasteiger partial charge in [0.1, 0.15) is 17.1 Å². The molecule has 0 saturated heterocycles. The lowest BCUT2D eigenvalue weighted by atomic mass is 10.2. The number of carbonyl (C=O) groups is 1. The second-order valence-electron chi connectivity index (χ2n) is 5.47. The van der Waals surface area contributed by atoms with E-state index in [-0.39, 0.29) is 17.3 Å². The number of aromatic nitrogens is 5. The van der Waals surface area contributed by atoms with Gasteiger partial charge in [-0.1, -0.05) is 11.2 Å². The Kier molecular flexibility index (Phi) is 3.97. The Morgan fingerprint density at radius 1 is 1.19 bits per heavy atom. The molecule has 3 N–H and O–H groups in total. The van der Waals surface area contributed by atoms with Crippen molar-refractivity contribution in [2.24, 2.45) is 0 Å². The van der Waals surface area contributed by atoms with Gasteiger partial charge in [0.15, 0.2) is 5.75 Å². The van der Waals surface area contributed by atoms with Crippen molar-refractivity contribution in [2.45, 2.75) is 0 Å². The van der Waals surface area contributed by atoms with Crippen LogP contribution in [0.4, 0.5) is 5.95 Å². The van der Waals surface area contributed by atoms with Crippen molar-refractivity contribution in [3.8, 4) is 17.2 Å². The van der Waals surface area contributed by atoms with Crippen LogP contribution in [0.15, 0.2) is 59.5 Å². The van der Waals surface area contributed by atoms with Crippen molar-refractivity contribution in [2.75, 3.05) is 5.32 Å². The number of anilines is 1. The third-order valence-electron chi connectivity index (χ3n) is 3.72. The first kappa shape index (κ1) is 16.3. The Bertz CT molecular complexity index is 1170. The molecule has 0 aliphatic heterocycles. The fraction of sp³-hybridized carbons (Fsp3) is 0. The van der Waals surface area contributed by atoms with E-state index in [1.165, 1.54) is 28.8 Å². The third-order valence-corrected chi connectivity index (χ3v) is 3.72. The maximum Gasteiger partial charge on any atom is 0.270 e. The number of phenols is 1. The largest absolute Gasteiger partial charge is 0.508 e. The molecular weight excluding hydrogens is 352 g/mol. The van der Waals surface area contributed by atoms with E-state index < -0.39 is 11.5 Å². The molecule has 10 nitrogen and oxygen atoms in total. The second kappa shape index (κ2) is 6.59. The fourth-order valence-corrected chi connectivity index (χ4v) is 2.49. The molecule has 0 fully saturated rings. The second-order valence-corrected chi connectivity index (χ2v) is 5.47. The number of phenolic OH excluding ortho intramolecular Hbond substituents is 1. The number of ether oxygens (including phenoxy) is 1. The summed E-state index contributed by atoms with van der Waals surface area (Å²) >= 11 is 0. The zero-order chi connectivity index (χ0) is 18.8. The standard InChI is InChI=1S/C17H12N6O4/c24-10-4-6-11(7-5-10)27-14-9-12(15(25)18-17-19-21-22-20-17)16(26)23-8-2-1-3-13(14)23/h1-9,24H,(H2,18,19,20,21,22,25). The summed E-state index contributed by atoms with van der Waals surface area (Å²) in [5, 5.41) is 24.6. The van der Waals surface area contributed by atoms with Crippen LogP contribution >= 0.6 is 0 Å². The van der Waals surface area contributed by atoms with E-state index in [1.807, 2.05) is 0 Å². The van der Waals surface area contributed by atoms with Crippen molar-refractivity contribution >= 4 is 17.4 Å². The molecule has 0 unspecified atom stereocenters. The van der Waals surface area contributed by atoms with Crippen molar-refractivity contribution in [3.05, 3.63) is 70.6 Å². The van der Waals surface area contributed by atoms with Gasteiger partial charge in [-0.25, -0.2) is 0 Å². The number of benzene rings is 1. The first-order chi connectivity index (χ1) is 13.1. The van der Waals surface area contributed by atoms with Gasteiger partial charge >= 0.3 is 0 Å². The maximum absolute atomic E-state index is 12.7. The van der Waals surface area contributed by atoms with Gasteiger partial charge in [0, 0.05) is 12.3 Å². The number of nitrogens with zero attached hydrogens (tertiary/aromatic N) is 4. The number of hydrogen-bond acceptors (Lipinski definition) is 7. The SMILES string of the molecule is O=C(Nc1nn[nH]n1)c1cc(Oc2ccc(O)cc2)c2ccccn2c1=O. The lowest BCUT2D eigenvalue weighted by Gasteiger charge is -2.12. The molecule has 1 amide bonds. The van der Waals surface area contributed by atoms with E-state index in [0.717, 1.165) is 0 Å². The van der Waals surface area contributed by atoms with E-state index >= 15 is 0 Å². The lowest BCUT2D eigenvalue weighted by Crippen LogP contribution is -2.26. The molecule has 0 aliphatic carbocycles. The van der Waals surface area contributed by atoms with Gasteiger partial charge in [-0.05, 0) is 41.6 Å². The van der Waals surface area contributed by atoms with Crippen molar-refractivity contribution in [3.63, 3.8) is 0 Å². The van der Waals surface area contributed by atoms with Gasteiger partial charge in [0.25, 0.3) is 17.4 Å². The van der Waals surface area contributed by atoms with Crippen LogP contribution in [-0.2, 0) is 0 Å². The minimum atomic E-state index is -0.699. The lowest BCUT2D eigenvalue weighted by molar-refractivity contribution is 0.102. The van der Waals surface area contributed by atoms with E-state index in [2.05, 4.69) is 25.9 Å². The Morgan fingerprint density at radius 2 is 2.00 bits per heavy atom. The van der Waals surface area contributed by atoms with Crippen LogP contribution in [-0.4, -0.2) is 36.0 Å². The summed E-state index contributed by atoms with van der Waals surface area (Å²) in [6, 6.07) is 12.5. The minimum absolute atomic E-state index is 0.0569. The number of carbonyl (C=O) groups excluding carboxylic acids is 1. The maximum atomic E-state index is 12.7. The summed E-state index contributed by atoms with van der Waals surface area (Å²) in [6.45, 7) is 0. The monoisotopic (exact) mass is 364 g/mol. The fourth-order valence-electron chi connectivity index (χ4n) is 2.49. The molecule has 0 saturated carbocycles. The number of nitrogens with one attached hydrogen (secondary N) is 2. The Morgan fingerprint density at radius 3 is 2.74 bits per heavy atom. The molecule has 4 aromatic rings. The Labute approximate surface area is 151 Å². The molecule has 4 rings (SSSR count). The van der Waals surface area contributed by atoms with Crippen LogP contribution in [0, 0.1) is 0 Å². The normalized spacial score (nSPS) is 10.7. The minimum Gasteiger partial charge on any atom is -0.508 e. The van der Waals surface area contributed by atoms with Crippen molar-refractivity contribution in [1.29, 1.82) is 0 Å². The van der Waals surface area contributed by atoms with Crippen LogP contribution in [0.25, 0.3) is 5.52 Å². The highest BCUT2D eigenvalue weighted by molar-refractivity contribution is 6.03. The van der Waals surface area contributed by atoms with Gasteiger partial charge in [-0.3, -0.25) is 19.3 Å². The molecule has 1 aromatic carbocycles. The number of pyridine rings is 2. The van der Waals surface area contributed by atoms with E-state index in [4.69, 9.17) is 4.74 Å². The average Bonchev–Trinajstić information content (AvgIpc) is 3.19. The van der Waals surface area contributed by atoms with Crippen LogP contribution in [0.1, 0.15) is 10.4 Å². The van der Waals surface area contributed by atoms with E-state index in [1.54, 1.807) is 30.3 Å². The predicted octanol–water partition coefficient (Wildman–Crippen LogP) is 1.56. The molecule has 0 radical (unpaired) electrons. The van der Waals surface area contributed by atoms with E-state index in [9.17, 15) is 14.7 Å². The molecule has 0 spiro atoms. The van der Waals surface area contributed by atoms with Crippen LogP contribution < -0.4 is 15.6 Å². The topological polar surface area (TPSA) is 134 Å². The summed E-state index contributed by atoms with van der Waals surface area (Å²) in [6.07, 6.45) is 1.53. The molecule has 27 heavy (non-hydrogen) atoms. The smallest absolute Gasteiger partial charge is 0.270 e. The predicted molar refractivity (Wildman–Crippen MR) is 94.0 cm³/mol. The Balaban J connectivity index is 1.80. The summed E-state index contributed by atoms with van der Waals surface area (Å²) in [5.41, 5.74) is -0.200. The van der Waals surface area contributed by atoms with Gasteiger partial charge in [-0.2, -0.15) is 5.21 Å². The first-order valence-electron chi connectivity index (χ1n) is 7.78. The van der Waals surface area contributed by atoms with E-state index in [0.29, 0.717) is 17.0 Å². The molecule has 3 heterocycles. The number of hydrogen-bond donors (Lipinski definition) is 3. The third kappa shape index (κ3) is 3.18. The van der Waals surface area contributed by atoms with Gasteiger partial charge in [0.05, 0.1) is 5.52 Å². The highest BCUT2D eigenvalue weighted by atomic mass is 16.5. The molecule has 3 aromatic heterocycles. The van der Waals surface area contributed by atoms with Crippen LogP contribution in [0.3, 0.4) is 0 Å². The highest BCUT2D eigenvalue weighted by Crippen LogP contribution is 2.27. The number of amides is 1. The van der Waals surface area contributed by atoms with Gasteiger partial charge in [0.2, 0.25) is 0 Å². The molecule has 134 valence electrons. The Hall–Kier alpha value is -4.21. The van der Waals surface area contributed by atoms with Crippen LogP contribution in [0.5, 0.6) is 17.2 Å². The molecule has 0 atom stereocenters. The van der Waals surface area contributed by atoms with Crippen LogP contribution in [0.2, 0.25) is 0 Å². The summed E-state index contributed by atoms with van der Waals surface area (Å²) < 4.78 is 7.13. The highest BCUT2D eigenvalue weighted by Gasteiger charge is 2.18. The summed E-state index contributed by atoms with van der Waals surface area (Å²) in [5.74, 6) is 0.0614. The number of rotatable bonds is 4. The quantitative estimate of drug-likeness (QED) is 0.500. The molecule has 10 heteroatoms. The molecule has 0 bridgehead atoms. The zero-order valence-corrected chi connectivity index (χ0v) is 13.7.